The Bertz CT molecular complexity index is 551. The predicted molar refractivity (Wildman–Crippen MR) is 84.2 cm³/mol. The lowest BCUT2D eigenvalue weighted by Gasteiger charge is -2.13. The zero-order valence-electron chi connectivity index (χ0n) is 12.5. The van der Waals surface area contributed by atoms with E-state index in [1.54, 1.807) is 6.07 Å². The van der Waals surface area contributed by atoms with Crippen molar-refractivity contribution >= 4 is 27.3 Å². The highest BCUT2D eigenvalue weighted by Gasteiger charge is 2.19. The van der Waals surface area contributed by atoms with Crippen LogP contribution in [0.5, 0.6) is 0 Å². The van der Waals surface area contributed by atoms with Crippen LogP contribution in [-0.4, -0.2) is 25.5 Å². The molecule has 0 amide bonds. The van der Waals surface area contributed by atoms with Crippen LogP contribution in [0.3, 0.4) is 0 Å². The maximum Gasteiger partial charge on any atom is 0.308 e. The van der Waals surface area contributed by atoms with Gasteiger partial charge in [0.25, 0.3) is 0 Å². The Kier molecular flexibility index (Phi) is 7.34. The van der Waals surface area contributed by atoms with Crippen molar-refractivity contribution in [1.29, 1.82) is 0 Å². The van der Waals surface area contributed by atoms with Crippen molar-refractivity contribution in [2.75, 3.05) is 0 Å². The highest BCUT2D eigenvalue weighted by molar-refractivity contribution is 7.91. The van der Waals surface area contributed by atoms with Gasteiger partial charge in [0.05, 0.1) is 6.42 Å². The second-order valence-corrected chi connectivity index (χ2v) is 8.27. The minimum Gasteiger partial charge on any atom is -0.481 e. The summed E-state index contributed by atoms with van der Waals surface area (Å²) >= 11 is 1.01. The first-order valence-electron chi connectivity index (χ1n) is 7.18. The molecular weight excluding hydrogens is 310 g/mol. The summed E-state index contributed by atoms with van der Waals surface area (Å²) < 4.78 is 27.2. The average Bonchev–Trinajstić information content (AvgIpc) is 2.82. The number of unbranched alkanes of at least 4 members (excludes halogenated alkanes) is 3. The number of carbonyl (C=O) groups is 1. The van der Waals surface area contributed by atoms with Crippen molar-refractivity contribution in [3.05, 3.63) is 17.0 Å². The molecule has 1 heterocycles. The zero-order chi connectivity index (χ0) is 15.9. The fourth-order valence-electron chi connectivity index (χ4n) is 2.01. The first-order valence-corrected chi connectivity index (χ1v) is 9.48. The minimum atomic E-state index is -3.54. The van der Waals surface area contributed by atoms with E-state index in [0.29, 0.717) is 4.88 Å². The van der Waals surface area contributed by atoms with Crippen molar-refractivity contribution in [3.63, 3.8) is 0 Å². The molecule has 0 saturated heterocycles. The lowest BCUT2D eigenvalue weighted by Crippen LogP contribution is -2.32. The van der Waals surface area contributed by atoms with Gasteiger partial charge in [-0.05, 0) is 25.5 Å². The fraction of sp³-hybridized carbons (Fsp3) is 0.643. The monoisotopic (exact) mass is 333 g/mol. The molecule has 0 aliphatic carbocycles. The molecule has 0 bridgehead atoms. The highest BCUT2D eigenvalue weighted by Crippen LogP contribution is 2.22. The van der Waals surface area contributed by atoms with Crippen LogP contribution < -0.4 is 4.72 Å². The van der Waals surface area contributed by atoms with E-state index in [9.17, 15) is 13.2 Å². The van der Waals surface area contributed by atoms with Gasteiger partial charge < -0.3 is 5.11 Å². The van der Waals surface area contributed by atoms with Gasteiger partial charge in [-0.1, -0.05) is 32.6 Å². The normalized spacial score (nSPS) is 13.2. The number of aliphatic carboxylic acids is 1. The molecule has 1 aromatic heterocycles. The second-order valence-electron chi connectivity index (χ2n) is 5.16. The first kappa shape index (κ1) is 18.1. The van der Waals surface area contributed by atoms with Crippen LogP contribution in [0, 0.1) is 0 Å². The lowest BCUT2D eigenvalue weighted by atomic mass is 10.1. The third-order valence-corrected chi connectivity index (χ3v) is 6.24. The van der Waals surface area contributed by atoms with Crippen molar-refractivity contribution in [2.45, 2.75) is 62.6 Å². The Morgan fingerprint density at radius 1 is 1.33 bits per heavy atom. The number of carboxylic acid groups (broad SMARTS) is 1. The fourth-order valence-corrected chi connectivity index (χ4v) is 4.65. The molecule has 0 aliphatic rings. The van der Waals surface area contributed by atoms with Gasteiger partial charge >= 0.3 is 5.97 Å². The number of carboxylic acids is 1. The molecule has 0 fully saturated rings. The molecule has 5 nitrogen and oxygen atoms in total. The van der Waals surface area contributed by atoms with Gasteiger partial charge in [0.15, 0.2) is 0 Å². The molecule has 1 atom stereocenters. The van der Waals surface area contributed by atoms with Crippen LogP contribution in [0.4, 0.5) is 0 Å². The summed E-state index contributed by atoms with van der Waals surface area (Å²) in [6.07, 6.45) is 5.11. The van der Waals surface area contributed by atoms with Crippen LogP contribution in [0.2, 0.25) is 0 Å². The Morgan fingerprint density at radius 2 is 2.05 bits per heavy atom. The smallest absolute Gasteiger partial charge is 0.308 e. The van der Waals surface area contributed by atoms with Gasteiger partial charge in [-0.15, -0.1) is 11.3 Å². The van der Waals surface area contributed by atoms with Gasteiger partial charge in [-0.3, -0.25) is 4.79 Å². The molecule has 0 aliphatic heterocycles. The Labute approximate surface area is 130 Å². The molecule has 21 heavy (non-hydrogen) atoms. The van der Waals surface area contributed by atoms with Gasteiger partial charge in [0.2, 0.25) is 10.0 Å². The van der Waals surface area contributed by atoms with Gasteiger partial charge in [-0.25, -0.2) is 13.1 Å². The summed E-state index contributed by atoms with van der Waals surface area (Å²) in [7, 11) is -3.54. The molecule has 7 heteroatoms. The number of thiophene rings is 1. The molecule has 1 aromatic rings. The van der Waals surface area contributed by atoms with Crippen LogP contribution in [-0.2, 0) is 21.2 Å². The molecular formula is C14H23NO4S2. The summed E-state index contributed by atoms with van der Waals surface area (Å²) in [5.41, 5.74) is 0. The maximum absolute atomic E-state index is 12.2. The van der Waals surface area contributed by atoms with E-state index in [-0.39, 0.29) is 16.7 Å². The molecule has 0 radical (unpaired) electrons. The molecule has 1 unspecified atom stereocenters. The van der Waals surface area contributed by atoms with E-state index in [2.05, 4.69) is 11.6 Å². The predicted octanol–water partition coefficient (Wildman–Crippen LogP) is 3.01. The third-order valence-electron chi connectivity index (χ3n) is 3.07. The Morgan fingerprint density at radius 3 is 2.67 bits per heavy atom. The number of hydrogen-bond acceptors (Lipinski definition) is 4. The number of hydrogen-bond donors (Lipinski definition) is 2. The lowest BCUT2D eigenvalue weighted by molar-refractivity contribution is -0.136. The maximum atomic E-state index is 12.2. The largest absolute Gasteiger partial charge is 0.481 e. The van der Waals surface area contributed by atoms with Gasteiger partial charge in [0, 0.05) is 10.9 Å². The highest BCUT2D eigenvalue weighted by atomic mass is 32.2. The molecule has 2 N–H and O–H groups in total. The number of sulfonamides is 1. The van der Waals surface area contributed by atoms with Crippen LogP contribution >= 0.6 is 11.3 Å². The quantitative estimate of drug-likeness (QED) is 0.645. The van der Waals surface area contributed by atoms with Crippen molar-refractivity contribution in [1.82, 2.24) is 4.72 Å². The molecule has 0 aromatic carbocycles. The second kappa shape index (κ2) is 8.51. The van der Waals surface area contributed by atoms with Crippen LogP contribution in [0.1, 0.15) is 50.8 Å². The summed E-state index contributed by atoms with van der Waals surface area (Å²) in [6.45, 7) is 3.99. The van der Waals surface area contributed by atoms with Crippen molar-refractivity contribution in [2.24, 2.45) is 0 Å². The third kappa shape index (κ3) is 6.58. The van der Waals surface area contributed by atoms with E-state index < -0.39 is 16.0 Å². The zero-order valence-corrected chi connectivity index (χ0v) is 14.1. The van der Waals surface area contributed by atoms with Crippen molar-refractivity contribution < 1.29 is 18.3 Å². The SMILES string of the molecule is CCCCCCC(C)NS(=O)(=O)c1ccc(CC(=O)O)s1. The van der Waals surface area contributed by atoms with E-state index in [4.69, 9.17) is 5.11 Å². The standard InChI is InChI=1S/C14H23NO4S2/c1-3-4-5-6-7-11(2)15-21(18,19)14-9-8-12(20-14)10-13(16)17/h8-9,11,15H,3-7,10H2,1-2H3,(H,16,17). The Balaban J connectivity index is 2.56. The van der Waals surface area contributed by atoms with Crippen LogP contribution in [0.15, 0.2) is 16.3 Å². The van der Waals surface area contributed by atoms with E-state index >= 15 is 0 Å². The molecule has 0 spiro atoms. The number of nitrogens with one attached hydrogen (secondary N) is 1. The van der Waals surface area contributed by atoms with E-state index in [1.807, 2.05) is 6.92 Å². The summed E-state index contributed by atoms with van der Waals surface area (Å²) in [5.74, 6) is -0.960. The van der Waals surface area contributed by atoms with Gasteiger partial charge in [0.1, 0.15) is 4.21 Å². The van der Waals surface area contributed by atoms with Gasteiger partial charge in [-0.2, -0.15) is 0 Å². The number of rotatable bonds is 10. The Hall–Kier alpha value is -0.920. The minimum absolute atomic E-state index is 0.114. The average molecular weight is 333 g/mol. The topological polar surface area (TPSA) is 83.5 Å². The first-order chi connectivity index (χ1) is 9.85. The molecule has 1 rings (SSSR count). The molecule has 0 saturated carbocycles. The van der Waals surface area contributed by atoms with Crippen LogP contribution in [0.25, 0.3) is 0 Å². The van der Waals surface area contributed by atoms with E-state index in [1.165, 1.54) is 12.5 Å². The van der Waals surface area contributed by atoms with Crippen molar-refractivity contribution in [3.8, 4) is 0 Å². The summed E-state index contributed by atoms with van der Waals surface area (Å²) in [5, 5.41) is 8.71. The van der Waals surface area contributed by atoms with E-state index in [0.717, 1.165) is 37.0 Å². The molecule has 120 valence electrons. The summed E-state index contributed by atoms with van der Waals surface area (Å²) in [4.78, 5) is 11.2. The summed E-state index contributed by atoms with van der Waals surface area (Å²) in [6, 6.07) is 2.91.